The first-order chi connectivity index (χ1) is 6.31. The molecule has 0 spiro atoms. The molecule has 0 N–H and O–H groups in total. The molecule has 2 heteroatoms. The average Bonchev–Trinajstić information content (AvgIpc) is 2.17. The topological polar surface area (TPSA) is 26.3 Å². The lowest BCUT2D eigenvalue weighted by Gasteiger charge is -2.24. The van der Waals surface area contributed by atoms with Crippen LogP contribution in [0.15, 0.2) is 18.2 Å². The standard InChI is InChI=1S/C11H12O2/c1-8-5-6-9-3-2-4-10(7-12)11(9)13-8/h2-4,7-8H,5-6H2,1H3. The van der Waals surface area contributed by atoms with Crippen LogP contribution in [0.3, 0.4) is 0 Å². The van der Waals surface area contributed by atoms with E-state index in [0.717, 1.165) is 30.4 Å². The highest BCUT2D eigenvalue weighted by Crippen LogP contribution is 2.29. The second-order valence-corrected chi connectivity index (χ2v) is 3.42. The van der Waals surface area contributed by atoms with Gasteiger partial charge in [0.05, 0.1) is 11.7 Å². The Hall–Kier alpha value is -1.31. The van der Waals surface area contributed by atoms with Crippen molar-refractivity contribution in [1.29, 1.82) is 0 Å². The molecular weight excluding hydrogens is 164 g/mol. The fourth-order valence-electron chi connectivity index (χ4n) is 1.66. The van der Waals surface area contributed by atoms with Crippen molar-refractivity contribution in [2.75, 3.05) is 0 Å². The Balaban J connectivity index is 2.46. The Morgan fingerprint density at radius 1 is 1.54 bits per heavy atom. The molecule has 0 aromatic heterocycles. The van der Waals surface area contributed by atoms with E-state index in [0.29, 0.717) is 5.56 Å². The molecule has 0 fully saturated rings. The third-order valence-corrected chi connectivity index (χ3v) is 2.39. The third kappa shape index (κ3) is 1.44. The zero-order chi connectivity index (χ0) is 9.26. The van der Waals surface area contributed by atoms with E-state index in [1.165, 1.54) is 0 Å². The highest BCUT2D eigenvalue weighted by molar-refractivity contribution is 5.80. The molecule has 0 saturated heterocycles. The molecule has 2 nitrogen and oxygen atoms in total. The summed E-state index contributed by atoms with van der Waals surface area (Å²) >= 11 is 0. The SMILES string of the molecule is CC1CCc2cccc(C=O)c2O1. The van der Waals surface area contributed by atoms with E-state index in [2.05, 4.69) is 0 Å². The molecule has 2 rings (SSSR count). The minimum atomic E-state index is 0.230. The number of hydrogen-bond donors (Lipinski definition) is 0. The van der Waals surface area contributed by atoms with Crippen LogP contribution in [0.1, 0.15) is 29.3 Å². The molecule has 1 aliphatic rings. The van der Waals surface area contributed by atoms with E-state index in [1.54, 1.807) is 6.07 Å². The van der Waals surface area contributed by atoms with Crippen LogP contribution in [-0.2, 0) is 6.42 Å². The van der Waals surface area contributed by atoms with Crippen LogP contribution in [0.4, 0.5) is 0 Å². The van der Waals surface area contributed by atoms with Gasteiger partial charge in [0.15, 0.2) is 6.29 Å². The molecule has 0 saturated carbocycles. The van der Waals surface area contributed by atoms with E-state index in [9.17, 15) is 4.79 Å². The molecule has 0 radical (unpaired) electrons. The predicted octanol–water partition coefficient (Wildman–Crippen LogP) is 2.21. The highest BCUT2D eigenvalue weighted by Gasteiger charge is 2.18. The smallest absolute Gasteiger partial charge is 0.153 e. The monoisotopic (exact) mass is 176 g/mol. The summed E-state index contributed by atoms with van der Waals surface area (Å²) in [6.45, 7) is 2.03. The summed E-state index contributed by atoms with van der Waals surface area (Å²) in [5.41, 5.74) is 1.83. The van der Waals surface area contributed by atoms with Crippen molar-refractivity contribution in [3.8, 4) is 5.75 Å². The predicted molar refractivity (Wildman–Crippen MR) is 50.2 cm³/mol. The van der Waals surface area contributed by atoms with Crippen LogP contribution in [0.25, 0.3) is 0 Å². The van der Waals surface area contributed by atoms with Gasteiger partial charge in [0.2, 0.25) is 0 Å². The summed E-state index contributed by atoms with van der Waals surface area (Å²) in [5, 5.41) is 0. The molecule has 0 bridgehead atoms. The van der Waals surface area contributed by atoms with E-state index < -0.39 is 0 Å². The Labute approximate surface area is 77.5 Å². The summed E-state index contributed by atoms with van der Waals surface area (Å²) < 4.78 is 5.62. The molecule has 68 valence electrons. The minimum Gasteiger partial charge on any atom is -0.490 e. The highest BCUT2D eigenvalue weighted by atomic mass is 16.5. The first-order valence-electron chi connectivity index (χ1n) is 4.55. The van der Waals surface area contributed by atoms with Crippen molar-refractivity contribution in [1.82, 2.24) is 0 Å². The van der Waals surface area contributed by atoms with Gasteiger partial charge in [-0.1, -0.05) is 12.1 Å². The largest absolute Gasteiger partial charge is 0.490 e. The summed E-state index contributed by atoms with van der Waals surface area (Å²) in [6, 6.07) is 5.72. The maximum absolute atomic E-state index is 10.7. The molecule has 0 amide bonds. The van der Waals surface area contributed by atoms with Gasteiger partial charge >= 0.3 is 0 Å². The first-order valence-corrected chi connectivity index (χ1v) is 4.55. The number of aldehydes is 1. The van der Waals surface area contributed by atoms with Crippen LogP contribution >= 0.6 is 0 Å². The number of aryl methyl sites for hydroxylation is 1. The summed E-state index contributed by atoms with van der Waals surface area (Å²) in [6.07, 6.45) is 3.14. The minimum absolute atomic E-state index is 0.230. The molecule has 1 atom stereocenters. The van der Waals surface area contributed by atoms with E-state index in [4.69, 9.17) is 4.74 Å². The van der Waals surface area contributed by atoms with Crippen molar-refractivity contribution in [2.45, 2.75) is 25.9 Å². The Bertz CT molecular complexity index is 331. The zero-order valence-corrected chi connectivity index (χ0v) is 7.62. The van der Waals surface area contributed by atoms with Gasteiger partial charge in [-0.05, 0) is 31.4 Å². The van der Waals surface area contributed by atoms with E-state index >= 15 is 0 Å². The molecule has 0 aliphatic carbocycles. The average molecular weight is 176 g/mol. The maximum atomic E-state index is 10.7. The lowest BCUT2D eigenvalue weighted by molar-refractivity contribution is 0.111. The van der Waals surface area contributed by atoms with Gasteiger partial charge in [0, 0.05) is 0 Å². The molecular formula is C11H12O2. The fourth-order valence-corrected chi connectivity index (χ4v) is 1.66. The summed E-state index contributed by atoms with van der Waals surface area (Å²) in [4.78, 5) is 10.7. The Kier molecular flexibility index (Phi) is 2.05. The second kappa shape index (κ2) is 3.21. The van der Waals surface area contributed by atoms with Crippen molar-refractivity contribution < 1.29 is 9.53 Å². The van der Waals surface area contributed by atoms with Gasteiger partial charge < -0.3 is 4.74 Å². The maximum Gasteiger partial charge on any atom is 0.153 e. The van der Waals surface area contributed by atoms with Gasteiger partial charge in [0.25, 0.3) is 0 Å². The second-order valence-electron chi connectivity index (χ2n) is 3.42. The summed E-state index contributed by atoms with van der Waals surface area (Å²) in [5.74, 6) is 0.788. The van der Waals surface area contributed by atoms with Crippen molar-refractivity contribution in [3.05, 3.63) is 29.3 Å². The van der Waals surface area contributed by atoms with Gasteiger partial charge in [-0.25, -0.2) is 0 Å². The Morgan fingerprint density at radius 3 is 3.15 bits per heavy atom. The molecule has 13 heavy (non-hydrogen) atoms. The number of ether oxygens (including phenoxy) is 1. The number of rotatable bonds is 1. The molecule has 1 aliphatic heterocycles. The van der Waals surface area contributed by atoms with Gasteiger partial charge in [-0.2, -0.15) is 0 Å². The zero-order valence-electron chi connectivity index (χ0n) is 7.62. The van der Waals surface area contributed by atoms with Crippen LogP contribution < -0.4 is 4.74 Å². The summed E-state index contributed by atoms with van der Waals surface area (Å²) in [7, 11) is 0. The number of fused-ring (bicyclic) bond motifs is 1. The van der Waals surface area contributed by atoms with Crippen molar-refractivity contribution >= 4 is 6.29 Å². The van der Waals surface area contributed by atoms with E-state index in [-0.39, 0.29) is 6.10 Å². The number of para-hydroxylation sites is 1. The fraction of sp³-hybridized carbons (Fsp3) is 0.364. The molecule has 1 aromatic carbocycles. The van der Waals surface area contributed by atoms with E-state index in [1.807, 2.05) is 19.1 Å². The van der Waals surface area contributed by atoms with Gasteiger partial charge in [0.1, 0.15) is 5.75 Å². The number of carbonyl (C=O) groups excluding carboxylic acids is 1. The lowest BCUT2D eigenvalue weighted by atomic mass is 10.0. The number of benzene rings is 1. The van der Waals surface area contributed by atoms with Crippen molar-refractivity contribution in [2.24, 2.45) is 0 Å². The normalized spacial score (nSPS) is 20.2. The van der Waals surface area contributed by atoms with Crippen LogP contribution in [0.5, 0.6) is 5.75 Å². The molecule has 1 unspecified atom stereocenters. The first kappa shape index (κ1) is 8.30. The third-order valence-electron chi connectivity index (χ3n) is 2.39. The van der Waals surface area contributed by atoms with Crippen LogP contribution in [-0.4, -0.2) is 12.4 Å². The van der Waals surface area contributed by atoms with Crippen LogP contribution in [0.2, 0.25) is 0 Å². The Morgan fingerprint density at radius 2 is 2.38 bits per heavy atom. The van der Waals surface area contributed by atoms with Crippen molar-refractivity contribution in [3.63, 3.8) is 0 Å². The van der Waals surface area contributed by atoms with Gasteiger partial charge in [-0.15, -0.1) is 0 Å². The van der Waals surface area contributed by atoms with Crippen LogP contribution in [0, 0.1) is 0 Å². The number of carbonyl (C=O) groups is 1. The lowest BCUT2D eigenvalue weighted by Crippen LogP contribution is -2.19. The van der Waals surface area contributed by atoms with Gasteiger partial charge in [-0.3, -0.25) is 4.79 Å². The number of hydrogen-bond acceptors (Lipinski definition) is 2. The molecule has 1 heterocycles. The molecule has 1 aromatic rings. The quantitative estimate of drug-likeness (QED) is 0.613.